The van der Waals surface area contributed by atoms with Crippen LogP contribution in [0.15, 0.2) is 18.2 Å². The molecule has 1 aromatic carbocycles. The Labute approximate surface area is 167 Å². The monoisotopic (exact) mass is 384 g/mol. The molecule has 28 heavy (non-hydrogen) atoms. The third-order valence-electron chi connectivity index (χ3n) is 6.40. The number of hydrogen-bond donors (Lipinski definition) is 1. The number of ether oxygens (including phenoxy) is 1. The van der Waals surface area contributed by atoms with Crippen molar-refractivity contribution in [3.8, 4) is 5.88 Å². The van der Waals surface area contributed by atoms with Crippen LogP contribution >= 0.6 is 0 Å². The topological polar surface area (TPSA) is 54.7 Å². The maximum atomic E-state index is 12.1. The SMILES string of the molecule is CCCCN1CCC(Cc2cccc3c2c(C(=O)O)c2n3CCCCO2)CC1. The summed E-state index contributed by atoms with van der Waals surface area (Å²) in [6.07, 6.45) is 7.89. The molecule has 1 fully saturated rings. The van der Waals surface area contributed by atoms with E-state index in [1.807, 2.05) is 0 Å². The third-order valence-corrected chi connectivity index (χ3v) is 6.40. The number of likely N-dealkylation sites (tertiary alicyclic amines) is 1. The third kappa shape index (κ3) is 3.77. The van der Waals surface area contributed by atoms with Gasteiger partial charge in [0.05, 0.1) is 12.1 Å². The van der Waals surface area contributed by atoms with Crippen LogP contribution in [0.4, 0.5) is 0 Å². The molecule has 5 heteroatoms. The van der Waals surface area contributed by atoms with Gasteiger partial charge in [0.15, 0.2) is 0 Å². The number of aryl methyl sites for hydroxylation is 1. The molecule has 0 spiro atoms. The van der Waals surface area contributed by atoms with E-state index in [1.54, 1.807) is 0 Å². The zero-order valence-corrected chi connectivity index (χ0v) is 17.0. The van der Waals surface area contributed by atoms with Crippen LogP contribution in [0.2, 0.25) is 0 Å². The zero-order chi connectivity index (χ0) is 19.5. The van der Waals surface area contributed by atoms with Gasteiger partial charge in [0.1, 0.15) is 5.56 Å². The second-order valence-corrected chi connectivity index (χ2v) is 8.35. The normalized spacial score (nSPS) is 18.6. The summed E-state index contributed by atoms with van der Waals surface area (Å²) < 4.78 is 7.98. The number of carboxylic acids is 1. The van der Waals surface area contributed by atoms with E-state index in [2.05, 4.69) is 34.6 Å². The van der Waals surface area contributed by atoms with E-state index in [1.165, 1.54) is 50.9 Å². The average Bonchev–Trinajstić information content (AvgIpc) is 2.84. The summed E-state index contributed by atoms with van der Waals surface area (Å²) in [6.45, 7) is 7.23. The highest BCUT2D eigenvalue weighted by Gasteiger charge is 2.28. The number of carboxylic acid groups (broad SMARTS) is 1. The lowest BCUT2D eigenvalue weighted by Gasteiger charge is -2.32. The summed E-state index contributed by atoms with van der Waals surface area (Å²) in [6, 6.07) is 6.26. The summed E-state index contributed by atoms with van der Waals surface area (Å²) >= 11 is 0. The van der Waals surface area contributed by atoms with Crippen molar-refractivity contribution >= 4 is 16.9 Å². The van der Waals surface area contributed by atoms with Gasteiger partial charge in [0.2, 0.25) is 5.88 Å². The van der Waals surface area contributed by atoms with Crippen LogP contribution < -0.4 is 4.74 Å². The van der Waals surface area contributed by atoms with E-state index in [0.29, 0.717) is 24.0 Å². The van der Waals surface area contributed by atoms with Crippen LogP contribution in [-0.4, -0.2) is 46.8 Å². The second kappa shape index (κ2) is 8.56. The quantitative estimate of drug-likeness (QED) is 0.793. The van der Waals surface area contributed by atoms with Crippen molar-refractivity contribution in [3.63, 3.8) is 0 Å². The molecule has 0 radical (unpaired) electrons. The molecule has 3 heterocycles. The summed E-state index contributed by atoms with van der Waals surface area (Å²) in [7, 11) is 0. The van der Waals surface area contributed by atoms with E-state index in [4.69, 9.17) is 4.74 Å². The Morgan fingerprint density at radius 2 is 2.04 bits per heavy atom. The summed E-state index contributed by atoms with van der Waals surface area (Å²) in [5.41, 5.74) is 2.56. The van der Waals surface area contributed by atoms with Crippen molar-refractivity contribution in [1.82, 2.24) is 9.47 Å². The Hall–Kier alpha value is -2.01. The predicted octanol–water partition coefficient (Wildman–Crippen LogP) is 4.57. The first kappa shape index (κ1) is 19.3. The molecule has 2 aliphatic rings. The number of aromatic carboxylic acids is 1. The number of benzene rings is 1. The summed E-state index contributed by atoms with van der Waals surface area (Å²) in [5, 5.41) is 10.9. The lowest BCUT2D eigenvalue weighted by molar-refractivity contribution is 0.0694. The number of aromatic nitrogens is 1. The molecule has 0 atom stereocenters. The molecule has 1 aromatic heterocycles. The molecule has 5 nitrogen and oxygen atoms in total. The highest BCUT2D eigenvalue weighted by atomic mass is 16.5. The molecular formula is C23H32N2O3. The number of fused-ring (bicyclic) bond motifs is 3. The smallest absolute Gasteiger partial charge is 0.341 e. The first-order valence-corrected chi connectivity index (χ1v) is 10.9. The molecule has 2 aliphatic heterocycles. The maximum Gasteiger partial charge on any atom is 0.341 e. The van der Waals surface area contributed by atoms with Crippen LogP contribution in [0, 0.1) is 5.92 Å². The van der Waals surface area contributed by atoms with E-state index in [9.17, 15) is 9.90 Å². The van der Waals surface area contributed by atoms with Gasteiger partial charge >= 0.3 is 5.97 Å². The van der Waals surface area contributed by atoms with Crippen molar-refractivity contribution in [2.24, 2.45) is 5.92 Å². The fourth-order valence-corrected chi connectivity index (χ4v) is 4.84. The van der Waals surface area contributed by atoms with Gasteiger partial charge in [0.25, 0.3) is 0 Å². The van der Waals surface area contributed by atoms with Crippen LogP contribution in [0.5, 0.6) is 5.88 Å². The number of unbranched alkanes of at least 4 members (excludes halogenated alkanes) is 1. The predicted molar refractivity (Wildman–Crippen MR) is 111 cm³/mol. The van der Waals surface area contributed by atoms with Gasteiger partial charge in [-0.15, -0.1) is 0 Å². The van der Waals surface area contributed by atoms with Crippen molar-refractivity contribution in [2.75, 3.05) is 26.2 Å². The number of rotatable bonds is 6. The second-order valence-electron chi connectivity index (χ2n) is 8.35. The molecule has 0 saturated carbocycles. The number of carbonyl (C=O) groups is 1. The number of nitrogens with zero attached hydrogens (tertiary/aromatic N) is 2. The van der Waals surface area contributed by atoms with E-state index in [0.717, 1.165) is 36.7 Å². The molecule has 0 bridgehead atoms. The Bertz CT molecular complexity index is 834. The Morgan fingerprint density at radius 3 is 2.79 bits per heavy atom. The molecule has 152 valence electrons. The minimum Gasteiger partial charge on any atom is -0.478 e. The maximum absolute atomic E-state index is 12.1. The molecule has 0 unspecified atom stereocenters. The van der Waals surface area contributed by atoms with Crippen LogP contribution in [0.3, 0.4) is 0 Å². The molecule has 2 aromatic rings. The van der Waals surface area contributed by atoms with Gasteiger partial charge in [-0.25, -0.2) is 4.79 Å². The van der Waals surface area contributed by atoms with Crippen molar-refractivity contribution < 1.29 is 14.6 Å². The van der Waals surface area contributed by atoms with Crippen molar-refractivity contribution in [3.05, 3.63) is 29.3 Å². The van der Waals surface area contributed by atoms with E-state index >= 15 is 0 Å². The largest absolute Gasteiger partial charge is 0.478 e. The van der Waals surface area contributed by atoms with Crippen LogP contribution in [0.1, 0.15) is 61.4 Å². The Morgan fingerprint density at radius 1 is 1.21 bits per heavy atom. The Kier molecular flexibility index (Phi) is 5.90. The highest BCUT2D eigenvalue weighted by molar-refractivity contribution is 6.07. The first-order valence-electron chi connectivity index (χ1n) is 10.9. The van der Waals surface area contributed by atoms with Crippen molar-refractivity contribution in [1.29, 1.82) is 0 Å². The molecular weight excluding hydrogens is 352 g/mol. The highest BCUT2D eigenvalue weighted by Crippen LogP contribution is 2.37. The van der Waals surface area contributed by atoms with Crippen LogP contribution in [0.25, 0.3) is 10.9 Å². The standard InChI is InChI=1S/C23H32N2O3/c1-2-3-11-24-13-9-17(10-14-24)16-18-7-6-8-19-20(18)21(23(26)27)22-25(19)12-4-5-15-28-22/h6-8,17H,2-5,9-16H2,1H3,(H,26,27). The van der Waals surface area contributed by atoms with E-state index < -0.39 is 5.97 Å². The number of hydrogen-bond acceptors (Lipinski definition) is 3. The summed E-state index contributed by atoms with van der Waals surface area (Å²) in [4.78, 5) is 14.7. The fraction of sp³-hybridized carbons (Fsp3) is 0.609. The molecule has 1 saturated heterocycles. The van der Waals surface area contributed by atoms with Gasteiger partial charge in [-0.05, 0) is 75.7 Å². The average molecular weight is 385 g/mol. The van der Waals surface area contributed by atoms with Gasteiger partial charge < -0.3 is 19.3 Å². The van der Waals surface area contributed by atoms with E-state index in [-0.39, 0.29) is 0 Å². The van der Waals surface area contributed by atoms with Crippen LogP contribution in [-0.2, 0) is 13.0 Å². The van der Waals surface area contributed by atoms with Gasteiger partial charge in [-0.2, -0.15) is 0 Å². The fourth-order valence-electron chi connectivity index (χ4n) is 4.84. The minimum absolute atomic E-state index is 0.368. The summed E-state index contributed by atoms with van der Waals surface area (Å²) in [5.74, 6) is 0.315. The minimum atomic E-state index is -0.873. The van der Waals surface area contributed by atoms with Gasteiger partial charge in [0, 0.05) is 11.9 Å². The Balaban J connectivity index is 1.61. The zero-order valence-electron chi connectivity index (χ0n) is 17.0. The molecule has 1 N–H and O–H groups in total. The lowest BCUT2D eigenvalue weighted by atomic mass is 9.88. The number of piperidine rings is 1. The van der Waals surface area contributed by atoms with Gasteiger partial charge in [-0.1, -0.05) is 25.5 Å². The van der Waals surface area contributed by atoms with Crippen molar-refractivity contribution in [2.45, 2.75) is 58.4 Å². The molecule has 0 amide bonds. The first-order chi connectivity index (χ1) is 13.7. The van der Waals surface area contributed by atoms with Gasteiger partial charge in [-0.3, -0.25) is 0 Å². The molecule has 4 rings (SSSR count). The lowest BCUT2D eigenvalue weighted by Crippen LogP contribution is -2.35. The molecule has 0 aliphatic carbocycles.